The highest BCUT2D eigenvalue weighted by Gasteiger charge is 2.25. The molecule has 0 aliphatic heterocycles. The molecule has 1 atom stereocenters. The molecule has 27 heavy (non-hydrogen) atoms. The van der Waals surface area contributed by atoms with E-state index in [1.807, 2.05) is 44.2 Å². The van der Waals surface area contributed by atoms with Crippen molar-refractivity contribution in [2.24, 2.45) is 5.92 Å². The average Bonchev–Trinajstić information content (AvgIpc) is 3.17. The van der Waals surface area contributed by atoms with Crippen molar-refractivity contribution in [3.05, 3.63) is 42.2 Å². The van der Waals surface area contributed by atoms with Gasteiger partial charge in [0.1, 0.15) is 6.33 Å². The molecule has 0 radical (unpaired) electrons. The first-order valence-corrected chi connectivity index (χ1v) is 8.46. The van der Waals surface area contributed by atoms with Gasteiger partial charge in [-0.05, 0) is 21.9 Å². The van der Waals surface area contributed by atoms with Crippen LogP contribution in [-0.2, 0) is 20.7 Å². The van der Waals surface area contributed by atoms with E-state index >= 15 is 0 Å². The van der Waals surface area contributed by atoms with Gasteiger partial charge in [0.2, 0.25) is 0 Å². The Labute approximate surface area is 156 Å². The fraction of sp³-hybridized carbons (Fsp3) is 0.412. The van der Waals surface area contributed by atoms with Crippen molar-refractivity contribution in [2.75, 3.05) is 13.2 Å². The van der Waals surface area contributed by atoms with Gasteiger partial charge in [0.15, 0.2) is 12.6 Å². The molecule has 0 spiro atoms. The van der Waals surface area contributed by atoms with Crippen LogP contribution in [0.15, 0.2) is 36.7 Å². The summed E-state index contributed by atoms with van der Waals surface area (Å²) in [5.41, 5.74) is 0.882. The molecule has 2 rings (SSSR count). The van der Waals surface area contributed by atoms with Gasteiger partial charge in [-0.1, -0.05) is 44.2 Å². The lowest BCUT2D eigenvalue weighted by Crippen LogP contribution is -2.42. The molecular weight excluding hydrogens is 352 g/mol. The van der Waals surface area contributed by atoms with Gasteiger partial charge in [-0.2, -0.15) is 0 Å². The van der Waals surface area contributed by atoms with Crippen LogP contribution in [0.25, 0.3) is 0 Å². The summed E-state index contributed by atoms with van der Waals surface area (Å²) >= 11 is 0. The van der Waals surface area contributed by atoms with Crippen LogP contribution in [0.5, 0.6) is 0 Å². The number of carbonyl (C=O) groups is 3. The first-order valence-electron chi connectivity index (χ1n) is 8.46. The Morgan fingerprint density at radius 3 is 2.56 bits per heavy atom. The van der Waals surface area contributed by atoms with Crippen LogP contribution in [-0.4, -0.2) is 51.3 Å². The minimum atomic E-state index is -0.829. The Balaban J connectivity index is 1.90. The van der Waals surface area contributed by atoms with Crippen LogP contribution in [0.2, 0.25) is 0 Å². The first kappa shape index (κ1) is 20.0. The Morgan fingerprint density at radius 2 is 1.93 bits per heavy atom. The van der Waals surface area contributed by atoms with Crippen molar-refractivity contribution >= 4 is 17.9 Å². The van der Waals surface area contributed by atoms with Gasteiger partial charge in [-0.3, -0.25) is 10.1 Å². The number of ether oxygens (including phenoxy) is 1. The molecule has 144 valence electrons. The average molecular weight is 374 g/mol. The summed E-state index contributed by atoms with van der Waals surface area (Å²) in [7, 11) is 0. The number of amides is 3. The molecule has 0 aliphatic carbocycles. The zero-order chi connectivity index (χ0) is 19.6. The minimum Gasteiger partial charge on any atom is -0.454 e. The summed E-state index contributed by atoms with van der Waals surface area (Å²) in [6, 6.07) is 7.81. The molecule has 0 unspecified atom stereocenters. The molecule has 0 aliphatic rings. The summed E-state index contributed by atoms with van der Waals surface area (Å²) in [5, 5.41) is 15.4. The number of hydrogen-bond acceptors (Lipinski definition) is 7. The molecule has 1 aromatic heterocycles. The molecule has 1 heterocycles. The topological polar surface area (TPSA) is 128 Å². The van der Waals surface area contributed by atoms with E-state index in [0.717, 1.165) is 5.56 Å². The van der Waals surface area contributed by atoms with E-state index in [2.05, 4.69) is 26.2 Å². The number of nitrogens with zero attached hydrogens (tertiary/aromatic N) is 4. The predicted molar refractivity (Wildman–Crippen MR) is 94.3 cm³/mol. The third kappa shape index (κ3) is 6.84. The van der Waals surface area contributed by atoms with Gasteiger partial charge in [0.25, 0.3) is 5.91 Å². The Morgan fingerprint density at radius 1 is 1.19 bits per heavy atom. The lowest BCUT2D eigenvalue weighted by Gasteiger charge is -2.15. The maximum atomic E-state index is 12.4. The fourth-order valence-corrected chi connectivity index (χ4v) is 2.17. The second kappa shape index (κ2) is 10.00. The second-order valence-corrected chi connectivity index (χ2v) is 6.26. The van der Waals surface area contributed by atoms with Gasteiger partial charge in [0.05, 0.1) is 0 Å². The van der Waals surface area contributed by atoms with Gasteiger partial charge in [0, 0.05) is 13.0 Å². The highest BCUT2D eigenvalue weighted by Crippen LogP contribution is 2.14. The number of aromatic nitrogens is 4. The molecule has 3 amide bonds. The summed E-state index contributed by atoms with van der Waals surface area (Å²) in [5.74, 6) is -1.15. The zero-order valence-corrected chi connectivity index (χ0v) is 15.2. The van der Waals surface area contributed by atoms with Crippen molar-refractivity contribution in [1.82, 2.24) is 30.8 Å². The maximum Gasteiger partial charge on any atom is 0.331 e. The number of benzene rings is 1. The quantitative estimate of drug-likeness (QED) is 0.643. The van der Waals surface area contributed by atoms with Crippen LogP contribution in [0.4, 0.5) is 4.79 Å². The number of hydrogen-bond donors (Lipinski definition) is 2. The number of imide groups is 1. The maximum absolute atomic E-state index is 12.4. The van der Waals surface area contributed by atoms with Crippen LogP contribution < -0.4 is 10.6 Å². The van der Waals surface area contributed by atoms with Crippen LogP contribution >= 0.6 is 0 Å². The number of tetrazole rings is 1. The minimum absolute atomic E-state index is 0.249. The number of esters is 1. The van der Waals surface area contributed by atoms with E-state index in [1.54, 1.807) is 0 Å². The molecule has 0 saturated heterocycles. The molecule has 10 heteroatoms. The normalized spacial score (nSPS) is 11.7. The van der Waals surface area contributed by atoms with E-state index < -0.39 is 30.6 Å². The van der Waals surface area contributed by atoms with E-state index in [9.17, 15) is 14.4 Å². The molecule has 0 bridgehead atoms. The summed E-state index contributed by atoms with van der Waals surface area (Å²) in [6.45, 7) is 3.70. The van der Waals surface area contributed by atoms with Crippen molar-refractivity contribution < 1.29 is 19.1 Å². The van der Waals surface area contributed by atoms with Gasteiger partial charge >= 0.3 is 12.0 Å². The summed E-state index contributed by atoms with van der Waals surface area (Å²) < 4.78 is 6.31. The Kier molecular flexibility index (Phi) is 7.41. The largest absolute Gasteiger partial charge is 0.454 e. The first-order chi connectivity index (χ1) is 13.0. The lowest BCUT2D eigenvalue weighted by atomic mass is 10.1. The standard InChI is InChI=1S/C17H22N6O4/c1-12(2)9-18-17(26)20-15(24)10-27-16(25)14(23-11-19-21-22-23)8-13-6-4-3-5-7-13/h3-7,11-12,14H,8-10H2,1-2H3,(H2,18,20,24,26)/t14-/m0/s1. The number of nitrogens with one attached hydrogen (secondary N) is 2. The van der Waals surface area contributed by atoms with Crippen molar-refractivity contribution in [1.29, 1.82) is 0 Å². The highest BCUT2D eigenvalue weighted by molar-refractivity contribution is 5.95. The molecule has 10 nitrogen and oxygen atoms in total. The monoisotopic (exact) mass is 374 g/mol. The molecule has 0 saturated carbocycles. The van der Waals surface area contributed by atoms with Crippen molar-refractivity contribution in [3.63, 3.8) is 0 Å². The highest BCUT2D eigenvalue weighted by atomic mass is 16.5. The molecular formula is C17H22N6O4. The summed E-state index contributed by atoms with van der Waals surface area (Å²) in [4.78, 5) is 35.8. The van der Waals surface area contributed by atoms with E-state index in [0.29, 0.717) is 13.0 Å². The molecule has 2 aromatic rings. The number of urea groups is 1. The Hall–Kier alpha value is -3.30. The number of rotatable bonds is 8. The van der Waals surface area contributed by atoms with Crippen molar-refractivity contribution in [2.45, 2.75) is 26.3 Å². The van der Waals surface area contributed by atoms with E-state index in [-0.39, 0.29) is 5.92 Å². The second-order valence-electron chi connectivity index (χ2n) is 6.26. The molecule has 1 aromatic carbocycles. The van der Waals surface area contributed by atoms with Crippen molar-refractivity contribution in [3.8, 4) is 0 Å². The van der Waals surface area contributed by atoms with Gasteiger partial charge < -0.3 is 10.1 Å². The smallest absolute Gasteiger partial charge is 0.331 e. The molecule has 2 N–H and O–H groups in total. The third-order valence-electron chi connectivity index (χ3n) is 3.50. The molecule has 0 fully saturated rings. The third-order valence-corrected chi connectivity index (χ3v) is 3.50. The van der Waals surface area contributed by atoms with Crippen LogP contribution in [0.1, 0.15) is 25.5 Å². The van der Waals surface area contributed by atoms with Crippen LogP contribution in [0, 0.1) is 5.92 Å². The SMILES string of the molecule is CC(C)CNC(=O)NC(=O)COC(=O)[C@H](Cc1ccccc1)n1cnnn1. The zero-order valence-electron chi connectivity index (χ0n) is 15.2. The van der Waals surface area contributed by atoms with Gasteiger partial charge in [-0.15, -0.1) is 5.10 Å². The Bertz CT molecular complexity index is 748. The lowest BCUT2D eigenvalue weighted by molar-refractivity contribution is -0.152. The number of carbonyl (C=O) groups excluding carboxylic acids is 3. The fourth-order valence-electron chi connectivity index (χ4n) is 2.17. The van der Waals surface area contributed by atoms with Gasteiger partial charge in [-0.25, -0.2) is 14.3 Å². The van der Waals surface area contributed by atoms with Crippen LogP contribution in [0.3, 0.4) is 0 Å². The van der Waals surface area contributed by atoms with E-state index in [1.165, 1.54) is 11.0 Å². The predicted octanol–water partition coefficient (Wildman–Crippen LogP) is 0.482. The van der Waals surface area contributed by atoms with E-state index in [4.69, 9.17) is 4.74 Å². The summed E-state index contributed by atoms with van der Waals surface area (Å²) in [6.07, 6.45) is 1.59.